The molecule has 3 aromatic rings. The van der Waals surface area contributed by atoms with Gasteiger partial charge in [-0.25, -0.2) is 5.10 Å². The number of H-pyrrole nitrogens is 1. The van der Waals surface area contributed by atoms with Crippen molar-refractivity contribution in [3.05, 3.63) is 50.4 Å². The number of aromatic amines is 1. The quantitative estimate of drug-likeness (QED) is 0.561. The highest BCUT2D eigenvalue weighted by atomic mass is 16.6. The van der Waals surface area contributed by atoms with Crippen molar-refractivity contribution in [2.75, 3.05) is 0 Å². The lowest BCUT2D eigenvalue weighted by Gasteiger charge is -2.00. The van der Waals surface area contributed by atoms with Crippen molar-refractivity contribution in [3.8, 4) is 11.3 Å². The van der Waals surface area contributed by atoms with Gasteiger partial charge in [-0.2, -0.15) is 5.10 Å². The summed E-state index contributed by atoms with van der Waals surface area (Å²) in [5.74, 6) is 0. The van der Waals surface area contributed by atoms with Crippen LogP contribution in [0.5, 0.6) is 0 Å². The van der Waals surface area contributed by atoms with Crippen LogP contribution in [0.25, 0.3) is 22.2 Å². The summed E-state index contributed by atoms with van der Waals surface area (Å²) in [5, 5.41) is 21.0. The van der Waals surface area contributed by atoms with E-state index in [-0.39, 0.29) is 16.8 Å². The zero-order valence-electron chi connectivity index (χ0n) is 10.3. The Morgan fingerprint density at radius 1 is 1.30 bits per heavy atom. The maximum absolute atomic E-state index is 11.7. The number of nitrogens with one attached hydrogen (secondary N) is 1. The number of rotatable bonds is 2. The molecule has 20 heavy (non-hydrogen) atoms. The summed E-state index contributed by atoms with van der Waals surface area (Å²) < 4.78 is 5.13. The first-order valence-electron chi connectivity index (χ1n) is 5.67. The summed E-state index contributed by atoms with van der Waals surface area (Å²) in [5.41, 5.74) is 1.29. The largest absolute Gasteiger partial charge is 0.353 e. The molecule has 1 aromatic carbocycles. The summed E-state index contributed by atoms with van der Waals surface area (Å²) in [7, 11) is 0. The molecule has 0 unspecified atom stereocenters. The first-order chi connectivity index (χ1) is 9.58. The highest BCUT2D eigenvalue weighted by molar-refractivity contribution is 5.90. The molecule has 8 heteroatoms. The molecule has 0 amide bonds. The van der Waals surface area contributed by atoms with Gasteiger partial charge in [-0.05, 0) is 19.1 Å². The number of aryl methyl sites for hydroxylation is 1. The van der Waals surface area contributed by atoms with Crippen LogP contribution in [0.1, 0.15) is 5.69 Å². The Hall–Kier alpha value is -3.03. The van der Waals surface area contributed by atoms with Crippen LogP contribution < -0.4 is 5.56 Å². The number of hydrogen-bond acceptors (Lipinski definition) is 6. The fourth-order valence-corrected chi connectivity index (χ4v) is 1.95. The number of nitro benzene ring substituents is 1. The number of hydrogen-bond donors (Lipinski definition) is 1. The van der Waals surface area contributed by atoms with E-state index in [9.17, 15) is 14.9 Å². The molecule has 0 aliphatic carbocycles. The number of non-ortho nitro benzene ring substituents is 1. The third-order valence-electron chi connectivity index (χ3n) is 2.93. The molecule has 3 rings (SSSR count). The van der Waals surface area contributed by atoms with E-state index in [2.05, 4.69) is 15.4 Å². The first-order valence-corrected chi connectivity index (χ1v) is 5.67. The van der Waals surface area contributed by atoms with Crippen molar-refractivity contribution in [2.45, 2.75) is 6.92 Å². The topological polar surface area (TPSA) is 115 Å². The molecular weight excluding hydrogens is 264 g/mol. The summed E-state index contributed by atoms with van der Waals surface area (Å²) in [6, 6.07) is 5.79. The summed E-state index contributed by atoms with van der Waals surface area (Å²) in [4.78, 5) is 21.8. The van der Waals surface area contributed by atoms with Crippen molar-refractivity contribution in [3.63, 3.8) is 0 Å². The molecular formula is C12H8N4O4. The van der Waals surface area contributed by atoms with Gasteiger partial charge in [0.05, 0.1) is 10.6 Å². The Bertz CT molecular complexity index is 863. The molecule has 0 bridgehead atoms. The standard InChI is InChI=1S/C12H8N4O4/c1-6-9-11(20-15-6)10(13-14-12(9)17)7-2-4-8(5-3-7)16(18)19/h2-5H,1H3,(H,14,17). The predicted octanol–water partition coefficient (Wildman–Crippen LogP) is 1.79. The van der Waals surface area contributed by atoms with Gasteiger partial charge >= 0.3 is 0 Å². The molecule has 0 aliphatic rings. The van der Waals surface area contributed by atoms with E-state index in [1.807, 2.05) is 0 Å². The van der Waals surface area contributed by atoms with Gasteiger partial charge in [0.2, 0.25) is 5.58 Å². The average Bonchev–Trinajstić information content (AvgIpc) is 2.83. The Labute approximate surface area is 111 Å². The van der Waals surface area contributed by atoms with E-state index < -0.39 is 4.92 Å². The summed E-state index contributed by atoms with van der Waals surface area (Å²) in [6.45, 7) is 1.65. The second-order valence-corrected chi connectivity index (χ2v) is 4.18. The third-order valence-corrected chi connectivity index (χ3v) is 2.93. The minimum atomic E-state index is -0.488. The second-order valence-electron chi connectivity index (χ2n) is 4.18. The van der Waals surface area contributed by atoms with Crippen LogP contribution in [0.3, 0.4) is 0 Å². The Kier molecular flexibility index (Phi) is 2.56. The second kappa shape index (κ2) is 4.26. The van der Waals surface area contributed by atoms with Gasteiger partial charge in [-0.1, -0.05) is 5.16 Å². The van der Waals surface area contributed by atoms with Gasteiger partial charge in [0.1, 0.15) is 11.1 Å². The Balaban J connectivity index is 2.22. The van der Waals surface area contributed by atoms with Crippen LogP contribution in [-0.2, 0) is 0 Å². The number of benzene rings is 1. The lowest BCUT2D eigenvalue weighted by atomic mass is 10.1. The molecule has 0 radical (unpaired) electrons. The fraction of sp³-hybridized carbons (Fsp3) is 0.0833. The molecule has 0 saturated heterocycles. The van der Waals surface area contributed by atoms with Gasteiger partial charge in [0.25, 0.3) is 11.2 Å². The van der Waals surface area contributed by atoms with Gasteiger partial charge in [0.15, 0.2) is 0 Å². The van der Waals surface area contributed by atoms with E-state index in [1.165, 1.54) is 24.3 Å². The van der Waals surface area contributed by atoms with Crippen molar-refractivity contribution < 1.29 is 9.45 Å². The first kappa shape index (κ1) is 12.0. The molecule has 0 spiro atoms. The van der Waals surface area contributed by atoms with Gasteiger partial charge in [0, 0.05) is 17.7 Å². The highest BCUT2D eigenvalue weighted by Gasteiger charge is 2.16. The van der Waals surface area contributed by atoms with E-state index in [1.54, 1.807) is 6.92 Å². The number of nitrogens with zero attached hydrogens (tertiary/aromatic N) is 3. The third kappa shape index (κ3) is 1.74. The van der Waals surface area contributed by atoms with E-state index in [4.69, 9.17) is 4.52 Å². The Morgan fingerprint density at radius 3 is 2.65 bits per heavy atom. The van der Waals surface area contributed by atoms with Crippen LogP contribution in [0.2, 0.25) is 0 Å². The fourth-order valence-electron chi connectivity index (χ4n) is 1.95. The van der Waals surface area contributed by atoms with Crippen LogP contribution >= 0.6 is 0 Å². The number of nitro groups is 1. The van der Waals surface area contributed by atoms with Gasteiger partial charge in [-0.3, -0.25) is 14.9 Å². The van der Waals surface area contributed by atoms with Crippen LogP contribution in [-0.4, -0.2) is 20.3 Å². The maximum Gasteiger partial charge on any atom is 0.277 e. The van der Waals surface area contributed by atoms with E-state index >= 15 is 0 Å². The van der Waals surface area contributed by atoms with E-state index in [0.29, 0.717) is 22.3 Å². The van der Waals surface area contributed by atoms with Crippen LogP contribution in [0, 0.1) is 17.0 Å². The summed E-state index contributed by atoms with van der Waals surface area (Å²) in [6.07, 6.45) is 0. The monoisotopic (exact) mass is 272 g/mol. The molecule has 8 nitrogen and oxygen atoms in total. The van der Waals surface area contributed by atoms with Crippen molar-refractivity contribution in [2.24, 2.45) is 0 Å². The zero-order valence-corrected chi connectivity index (χ0v) is 10.3. The normalized spacial score (nSPS) is 10.8. The lowest BCUT2D eigenvalue weighted by molar-refractivity contribution is -0.384. The van der Waals surface area contributed by atoms with Gasteiger partial charge in [-0.15, -0.1) is 0 Å². The molecule has 0 fully saturated rings. The lowest BCUT2D eigenvalue weighted by Crippen LogP contribution is -2.09. The average molecular weight is 272 g/mol. The van der Waals surface area contributed by atoms with Crippen LogP contribution in [0.15, 0.2) is 33.6 Å². The minimum Gasteiger partial charge on any atom is -0.353 e. The maximum atomic E-state index is 11.7. The predicted molar refractivity (Wildman–Crippen MR) is 69.3 cm³/mol. The molecule has 0 atom stereocenters. The van der Waals surface area contributed by atoms with Crippen molar-refractivity contribution >= 4 is 16.7 Å². The zero-order chi connectivity index (χ0) is 14.3. The smallest absolute Gasteiger partial charge is 0.277 e. The number of aromatic nitrogens is 3. The molecule has 0 aliphatic heterocycles. The highest BCUT2D eigenvalue weighted by Crippen LogP contribution is 2.26. The molecule has 1 N–H and O–H groups in total. The molecule has 0 saturated carbocycles. The van der Waals surface area contributed by atoms with Crippen LogP contribution in [0.4, 0.5) is 5.69 Å². The van der Waals surface area contributed by atoms with Crippen molar-refractivity contribution in [1.29, 1.82) is 0 Å². The molecule has 2 aromatic heterocycles. The Morgan fingerprint density at radius 2 is 2.00 bits per heavy atom. The minimum absolute atomic E-state index is 0.0248. The summed E-state index contributed by atoms with van der Waals surface area (Å²) >= 11 is 0. The number of fused-ring (bicyclic) bond motifs is 1. The SMILES string of the molecule is Cc1noc2c(-c3ccc([N+](=O)[O-])cc3)n[nH]c(=O)c12. The molecule has 100 valence electrons. The van der Waals surface area contributed by atoms with E-state index in [0.717, 1.165) is 0 Å². The van der Waals surface area contributed by atoms with Gasteiger partial charge < -0.3 is 4.52 Å². The van der Waals surface area contributed by atoms with Crippen molar-refractivity contribution in [1.82, 2.24) is 15.4 Å². The molecule has 2 heterocycles.